The highest BCUT2D eigenvalue weighted by molar-refractivity contribution is 5.81. The van der Waals surface area contributed by atoms with Gasteiger partial charge in [0.2, 0.25) is 5.91 Å². The van der Waals surface area contributed by atoms with E-state index in [1.54, 1.807) is 0 Å². The molecule has 0 aromatic carbocycles. The van der Waals surface area contributed by atoms with Crippen molar-refractivity contribution in [3.63, 3.8) is 0 Å². The molecule has 1 aliphatic carbocycles. The lowest BCUT2D eigenvalue weighted by atomic mass is 9.95. The van der Waals surface area contributed by atoms with Crippen LogP contribution in [0.1, 0.15) is 51.9 Å². The van der Waals surface area contributed by atoms with Gasteiger partial charge in [0.05, 0.1) is 12.6 Å². The zero-order valence-electron chi connectivity index (χ0n) is 14.5. The third-order valence-corrected chi connectivity index (χ3v) is 5.39. The quantitative estimate of drug-likeness (QED) is 0.770. The predicted octanol–water partition coefficient (Wildman–Crippen LogP) is 1.30. The molecule has 132 valence electrons. The van der Waals surface area contributed by atoms with Crippen LogP contribution >= 0.6 is 0 Å². The third-order valence-electron chi connectivity index (χ3n) is 5.39. The van der Waals surface area contributed by atoms with E-state index in [-0.39, 0.29) is 18.5 Å². The molecule has 6 nitrogen and oxygen atoms in total. The van der Waals surface area contributed by atoms with Gasteiger partial charge in [0.25, 0.3) is 0 Å². The number of amides is 1. The van der Waals surface area contributed by atoms with Crippen molar-refractivity contribution in [1.82, 2.24) is 15.1 Å². The van der Waals surface area contributed by atoms with Crippen molar-refractivity contribution in [3.05, 3.63) is 0 Å². The fourth-order valence-electron chi connectivity index (χ4n) is 3.79. The molecule has 0 bridgehead atoms. The van der Waals surface area contributed by atoms with E-state index < -0.39 is 5.97 Å². The van der Waals surface area contributed by atoms with Crippen molar-refractivity contribution in [2.24, 2.45) is 0 Å². The van der Waals surface area contributed by atoms with Crippen LogP contribution in [0, 0.1) is 0 Å². The zero-order chi connectivity index (χ0) is 16.8. The number of hydrogen-bond acceptors (Lipinski definition) is 4. The summed E-state index contributed by atoms with van der Waals surface area (Å²) in [6.07, 6.45) is 7.80. The number of aliphatic carboxylic acids is 1. The molecular formula is C17H31N3O3. The van der Waals surface area contributed by atoms with Gasteiger partial charge < -0.3 is 10.4 Å². The molecule has 2 aliphatic rings. The number of nitrogens with zero attached hydrogens (tertiary/aromatic N) is 2. The van der Waals surface area contributed by atoms with E-state index in [0.29, 0.717) is 12.1 Å². The van der Waals surface area contributed by atoms with E-state index in [2.05, 4.69) is 10.2 Å². The highest BCUT2D eigenvalue weighted by Crippen LogP contribution is 2.19. The summed E-state index contributed by atoms with van der Waals surface area (Å²) in [6, 6.07) is 0.566. The van der Waals surface area contributed by atoms with Gasteiger partial charge in [-0.15, -0.1) is 0 Å². The molecule has 0 radical (unpaired) electrons. The molecule has 2 N–H and O–H groups in total. The highest BCUT2D eigenvalue weighted by Gasteiger charge is 2.29. The number of carboxylic acids is 1. The van der Waals surface area contributed by atoms with E-state index in [0.717, 1.165) is 38.8 Å². The largest absolute Gasteiger partial charge is 0.480 e. The van der Waals surface area contributed by atoms with E-state index in [9.17, 15) is 9.59 Å². The number of rotatable bonds is 6. The van der Waals surface area contributed by atoms with Crippen LogP contribution in [0.15, 0.2) is 0 Å². The fourth-order valence-corrected chi connectivity index (χ4v) is 3.79. The van der Waals surface area contributed by atoms with E-state index in [4.69, 9.17) is 5.11 Å². The molecule has 1 amide bonds. The number of likely N-dealkylation sites (N-methyl/N-ethyl adjacent to an activating group) is 1. The van der Waals surface area contributed by atoms with Crippen molar-refractivity contribution in [3.8, 4) is 0 Å². The van der Waals surface area contributed by atoms with Crippen molar-refractivity contribution in [2.75, 3.05) is 26.7 Å². The summed E-state index contributed by atoms with van der Waals surface area (Å²) in [5.41, 5.74) is 0. The maximum Gasteiger partial charge on any atom is 0.317 e. The molecule has 1 atom stereocenters. The Bertz CT molecular complexity index is 402. The highest BCUT2D eigenvalue weighted by atomic mass is 16.4. The number of hydrogen-bond donors (Lipinski definition) is 2. The first-order chi connectivity index (χ1) is 11.0. The monoisotopic (exact) mass is 325 g/mol. The first kappa shape index (κ1) is 18.2. The van der Waals surface area contributed by atoms with Crippen LogP contribution in [0.5, 0.6) is 0 Å². The van der Waals surface area contributed by atoms with Crippen LogP contribution in [-0.4, -0.2) is 71.6 Å². The molecule has 2 fully saturated rings. The summed E-state index contributed by atoms with van der Waals surface area (Å²) in [5, 5.41) is 12.1. The van der Waals surface area contributed by atoms with E-state index in [1.165, 1.54) is 19.3 Å². The third kappa shape index (κ3) is 5.46. The summed E-state index contributed by atoms with van der Waals surface area (Å²) >= 11 is 0. The minimum Gasteiger partial charge on any atom is -0.480 e. The average Bonchev–Trinajstić information content (AvgIpc) is 2.54. The Balaban J connectivity index is 1.75. The second-order valence-corrected chi connectivity index (χ2v) is 7.10. The molecule has 0 aromatic rings. The zero-order valence-corrected chi connectivity index (χ0v) is 14.5. The van der Waals surface area contributed by atoms with Crippen LogP contribution in [0.3, 0.4) is 0 Å². The molecule has 1 aliphatic heterocycles. The maximum atomic E-state index is 12.4. The van der Waals surface area contributed by atoms with Gasteiger partial charge in [0, 0.05) is 25.2 Å². The Morgan fingerprint density at radius 2 is 1.78 bits per heavy atom. The molecular weight excluding hydrogens is 294 g/mol. The number of carbonyl (C=O) groups excluding carboxylic acids is 1. The summed E-state index contributed by atoms with van der Waals surface area (Å²) in [6.45, 7) is 3.78. The molecule has 0 spiro atoms. The molecule has 1 saturated carbocycles. The second kappa shape index (κ2) is 8.64. The minimum atomic E-state index is -0.782. The van der Waals surface area contributed by atoms with E-state index in [1.807, 2.05) is 18.9 Å². The Kier molecular flexibility index (Phi) is 6.84. The average molecular weight is 325 g/mol. The smallest absolute Gasteiger partial charge is 0.317 e. The SMILES string of the molecule is CC(C(=O)NC1CCCCC1)N1CCC(N(C)CC(=O)O)CC1. The second-order valence-electron chi connectivity index (χ2n) is 7.10. The lowest BCUT2D eigenvalue weighted by molar-refractivity contribution is -0.138. The van der Waals surface area contributed by atoms with Gasteiger partial charge in [0.15, 0.2) is 0 Å². The van der Waals surface area contributed by atoms with Gasteiger partial charge in [-0.25, -0.2) is 0 Å². The van der Waals surface area contributed by atoms with Crippen molar-refractivity contribution in [2.45, 2.75) is 70.0 Å². The lowest BCUT2D eigenvalue weighted by Gasteiger charge is -2.38. The predicted molar refractivity (Wildman–Crippen MR) is 89.3 cm³/mol. The van der Waals surface area contributed by atoms with Crippen molar-refractivity contribution < 1.29 is 14.7 Å². The Labute approximate surface area is 139 Å². The van der Waals surface area contributed by atoms with Gasteiger partial charge in [-0.2, -0.15) is 0 Å². The summed E-state index contributed by atoms with van der Waals surface area (Å²) in [7, 11) is 1.87. The number of likely N-dealkylation sites (tertiary alicyclic amines) is 1. The molecule has 23 heavy (non-hydrogen) atoms. The summed E-state index contributed by atoms with van der Waals surface area (Å²) in [5.74, 6) is -0.635. The number of piperidine rings is 1. The van der Waals surface area contributed by atoms with Crippen LogP contribution < -0.4 is 5.32 Å². The number of nitrogens with one attached hydrogen (secondary N) is 1. The molecule has 2 rings (SSSR count). The Morgan fingerprint density at radius 1 is 1.17 bits per heavy atom. The minimum absolute atomic E-state index is 0.0857. The van der Waals surface area contributed by atoms with Crippen LogP contribution in [-0.2, 0) is 9.59 Å². The molecule has 1 unspecified atom stereocenters. The van der Waals surface area contributed by atoms with Crippen LogP contribution in [0.2, 0.25) is 0 Å². The Morgan fingerprint density at radius 3 is 2.35 bits per heavy atom. The van der Waals surface area contributed by atoms with Crippen LogP contribution in [0.4, 0.5) is 0 Å². The van der Waals surface area contributed by atoms with E-state index >= 15 is 0 Å². The Hall–Kier alpha value is -1.14. The van der Waals surface area contributed by atoms with Crippen molar-refractivity contribution >= 4 is 11.9 Å². The van der Waals surface area contributed by atoms with Gasteiger partial charge in [0.1, 0.15) is 0 Å². The van der Waals surface area contributed by atoms with Crippen molar-refractivity contribution in [1.29, 1.82) is 0 Å². The number of carbonyl (C=O) groups is 2. The lowest BCUT2D eigenvalue weighted by Crippen LogP contribution is -2.53. The van der Waals surface area contributed by atoms with Gasteiger partial charge >= 0.3 is 5.97 Å². The molecule has 1 heterocycles. The number of carboxylic acid groups (broad SMARTS) is 1. The molecule has 6 heteroatoms. The molecule has 0 aromatic heterocycles. The van der Waals surface area contributed by atoms with Crippen LogP contribution in [0.25, 0.3) is 0 Å². The van der Waals surface area contributed by atoms with Gasteiger partial charge in [-0.1, -0.05) is 19.3 Å². The fraction of sp³-hybridized carbons (Fsp3) is 0.882. The first-order valence-corrected chi connectivity index (χ1v) is 8.94. The summed E-state index contributed by atoms with van der Waals surface area (Å²) < 4.78 is 0. The standard InChI is InChI=1S/C17H31N3O3/c1-13(17(23)18-14-6-4-3-5-7-14)20-10-8-15(9-11-20)19(2)12-16(21)22/h13-15H,3-12H2,1-2H3,(H,18,23)(H,21,22). The maximum absolute atomic E-state index is 12.4. The normalized spacial score (nSPS) is 22.9. The first-order valence-electron chi connectivity index (χ1n) is 8.94. The van der Waals surface area contributed by atoms with Gasteiger partial charge in [-0.3, -0.25) is 19.4 Å². The molecule has 1 saturated heterocycles. The van der Waals surface area contributed by atoms with Gasteiger partial charge in [-0.05, 0) is 39.7 Å². The topological polar surface area (TPSA) is 72.9 Å². The summed E-state index contributed by atoms with van der Waals surface area (Å²) in [4.78, 5) is 27.4.